The van der Waals surface area contributed by atoms with Gasteiger partial charge in [0.25, 0.3) is 5.91 Å². The highest BCUT2D eigenvalue weighted by Crippen LogP contribution is 2.43. The molecular formula is C23H28FN3O2. The summed E-state index contributed by atoms with van der Waals surface area (Å²) in [6.45, 7) is 9.44. The third-order valence-corrected chi connectivity index (χ3v) is 5.54. The molecule has 0 radical (unpaired) electrons. The molecule has 0 aliphatic carbocycles. The van der Waals surface area contributed by atoms with Crippen LogP contribution in [0.3, 0.4) is 0 Å². The van der Waals surface area contributed by atoms with Gasteiger partial charge in [0.2, 0.25) is 0 Å². The van der Waals surface area contributed by atoms with Crippen LogP contribution in [0.25, 0.3) is 0 Å². The Labute approximate surface area is 171 Å². The number of rotatable bonds is 5. The Morgan fingerprint density at radius 1 is 1.38 bits per heavy atom. The summed E-state index contributed by atoms with van der Waals surface area (Å²) in [4.78, 5) is 14.6. The third kappa shape index (κ3) is 4.11. The van der Waals surface area contributed by atoms with Crippen molar-refractivity contribution in [2.24, 2.45) is 5.10 Å². The van der Waals surface area contributed by atoms with Crippen LogP contribution in [0.5, 0.6) is 5.75 Å². The average Bonchev–Trinajstić information content (AvgIpc) is 2.68. The molecule has 1 aliphatic rings. The fourth-order valence-electron chi connectivity index (χ4n) is 4.27. The first kappa shape index (κ1) is 20.8. The first-order valence-corrected chi connectivity index (χ1v) is 9.86. The number of carbonyl (C=O) groups excluding carboxylic acids is 1. The van der Waals surface area contributed by atoms with Crippen LogP contribution < -0.4 is 15.1 Å². The van der Waals surface area contributed by atoms with Gasteiger partial charge in [0.1, 0.15) is 11.6 Å². The molecule has 2 aromatic carbocycles. The summed E-state index contributed by atoms with van der Waals surface area (Å²) >= 11 is 0. The fraction of sp³-hybridized carbons (Fsp3) is 0.391. The van der Waals surface area contributed by atoms with Gasteiger partial charge in [-0.25, -0.2) is 9.82 Å². The number of hydrogen-bond donors (Lipinski definition) is 1. The number of amides is 1. The molecule has 6 heteroatoms. The first-order chi connectivity index (χ1) is 13.8. The topological polar surface area (TPSA) is 53.9 Å². The lowest BCUT2D eigenvalue weighted by atomic mass is 9.79. The van der Waals surface area contributed by atoms with Crippen molar-refractivity contribution in [1.82, 2.24) is 5.43 Å². The SMILES string of the molecule is CCN1c2cc(F)c(/C=N\NC(=O)c3ccccc3OC)cc2C(C)CC1(C)C. The summed E-state index contributed by atoms with van der Waals surface area (Å²) in [6.07, 6.45) is 2.34. The molecule has 29 heavy (non-hydrogen) atoms. The zero-order valence-corrected chi connectivity index (χ0v) is 17.6. The van der Waals surface area contributed by atoms with E-state index in [0.29, 0.717) is 22.8 Å². The second-order valence-corrected chi connectivity index (χ2v) is 7.99. The normalized spacial score (nSPS) is 17.9. The van der Waals surface area contributed by atoms with Crippen molar-refractivity contribution in [3.8, 4) is 5.75 Å². The Hall–Kier alpha value is -2.89. The van der Waals surface area contributed by atoms with Gasteiger partial charge in [-0.1, -0.05) is 19.1 Å². The number of methoxy groups -OCH3 is 1. The van der Waals surface area contributed by atoms with Gasteiger partial charge in [0.05, 0.1) is 18.9 Å². The molecule has 0 saturated heterocycles. The Kier molecular flexibility index (Phi) is 5.91. The standard InChI is InChI=1S/C23H28FN3O2/c1-6-27-20-12-19(24)16(11-18(20)15(2)13-23(27,3)4)14-25-26-22(28)17-9-7-8-10-21(17)29-5/h7-12,14-15H,6,13H2,1-5H3,(H,26,28)/b25-14-. The number of halogens is 1. The van der Waals surface area contributed by atoms with Crippen LogP contribution in [0, 0.1) is 5.82 Å². The Bertz CT molecular complexity index is 940. The van der Waals surface area contributed by atoms with Crippen LogP contribution in [0.15, 0.2) is 41.5 Å². The van der Waals surface area contributed by atoms with Gasteiger partial charge in [-0.05, 0) is 62.9 Å². The average molecular weight is 397 g/mol. The third-order valence-electron chi connectivity index (χ3n) is 5.54. The minimum atomic E-state index is -0.413. The molecule has 0 fully saturated rings. The van der Waals surface area contributed by atoms with Crippen LogP contribution in [0.1, 0.15) is 61.5 Å². The van der Waals surface area contributed by atoms with E-state index in [-0.39, 0.29) is 11.4 Å². The highest BCUT2D eigenvalue weighted by molar-refractivity contribution is 5.97. The summed E-state index contributed by atoms with van der Waals surface area (Å²) in [5.41, 5.74) is 5.18. The molecule has 1 aliphatic heterocycles. The molecule has 5 nitrogen and oxygen atoms in total. The number of benzene rings is 2. The smallest absolute Gasteiger partial charge is 0.275 e. The van der Waals surface area contributed by atoms with E-state index in [9.17, 15) is 9.18 Å². The van der Waals surface area contributed by atoms with Gasteiger partial charge in [-0.15, -0.1) is 0 Å². The zero-order chi connectivity index (χ0) is 21.2. The molecule has 1 heterocycles. The molecule has 1 atom stereocenters. The highest BCUT2D eigenvalue weighted by Gasteiger charge is 2.36. The van der Waals surface area contributed by atoms with Crippen molar-refractivity contribution in [2.45, 2.75) is 45.6 Å². The lowest BCUT2D eigenvalue weighted by Crippen LogP contribution is -2.48. The van der Waals surface area contributed by atoms with Gasteiger partial charge in [0.15, 0.2) is 0 Å². The number of hydrazone groups is 1. The molecule has 3 rings (SSSR count). The van der Waals surface area contributed by atoms with E-state index in [0.717, 1.165) is 24.2 Å². The van der Waals surface area contributed by atoms with Crippen LogP contribution in [0.4, 0.5) is 10.1 Å². The maximum absolute atomic E-state index is 14.8. The Balaban J connectivity index is 1.84. The van der Waals surface area contributed by atoms with Crippen LogP contribution in [-0.2, 0) is 0 Å². The van der Waals surface area contributed by atoms with E-state index >= 15 is 0 Å². The van der Waals surface area contributed by atoms with Gasteiger partial charge in [-0.2, -0.15) is 5.10 Å². The van der Waals surface area contributed by atoms with Gasteiger partial charge < -0.3 is 9.64 Å². The van der Waals surface area contributed by atoms with Crippen molar-refractivity contribution in [2.75, 3.05) is 18.6 Å². The van der Waals surface area contributed by atoms with Crippen LogP contribution >= 0.6 is 0 Å². The first-order valence-electron chi connectivity index (χ1n) is 9.86. The van der Waals surface area contributed by atoms with E-state index < -0.39 is 5.91 Å². The lowest BCUT2D eigenvalue weighted by molar-refractivity contribution is 0.0952. The van der Waals surface area contributed by atoms with Crippen LogP contribution in [0.2, 0.25) is 0 Å². The van der Waals surface area contributed by atoms with Crippen molar-refractivity contribution in [3.63, 3.8) is 0 Å². The van der Waals surface area contributed by atoms with Crippen molar-refractivity contribution in [1.29, 1.82) is 0 Å². The molecule has 2 aromatic rings. The number of fused-ring (bicyclic) bond motifs is 1. The Morgan fingerprint density at radius 2 is 2.10 bits per heavy atom. The number of anilines is 1. The number of nitrogens with one attached hydrogen (secondary N) is 1. The van der Waals surface area contributed by atoms with Crippen LogP contribution in [-0.4, -0.2) is 31.3 Å². The lowest BCUT2D eigenvalue weighted by Gasteiger charge is -2.47. The summed E-state index contributed by atoms with van der Waals surface area (Å²) in [7, 11) is 1.50. The number of ether oxygens (including phenoxy) is 1. The second kappa shape index (κ2) is 8.23. The molecule has 0 bridgehead atoms. The van der Waals surface area contributed by atoms with E-state index in [4.69, 9.17) is 4.74 Å². The zero-order valence-electron chi connectivity index (χ0n) is 17.6. The second-order valence-electron chi connectivity index (χ2n) is 7.99. The summed E-state index contributed by atoms with van der Waals surface area (Å²) < 4.78 is 20.0. The number of nitrogens with zero attached hydrogens (tertiary/aromatic N) is 2. The molecule has 0 aromatic heterocycles. The molecule has 1 amide bonds. The number of carbonyl (C=O) groups is 1. The van der Waals surface area contributed by atoms with E-state index in [1.54, 1.807) is 30.3 Å². The van der Waals surface area contributed by atoms with Gasteiger partial charge >= 0.3 is 0 Å². The molecular weight excluding hydrogens is 369 g/mol. The minimum Gasteiger partial charge on any atom is -0.496 e. The van der Waals surface area contributed by atoms with Crippen molar-refractivity contribution < 1.29 is 13.9 Å². The molecule has 1 unspecified atom stereocenters. The molecule has 154 valence electrons. The minimum absolute atomic E-state index is 0.0219. The van der Waals surface area contributed by atoms with E-state index in [1.165, 1.54) is 13.3 Å². The van der Waals surface area contributed by atoms with Crippen molar-refractivity contribution in [3.05, 3.63) is 58.9 Å². The highest BCUT2D eigenvalue weighted by atomic mass is 19.1. The predicted molar refractivity (Wildman–Crippen MR) is 115 cm³/mol. The van der Waals surface area contributed by atoms with E-state index in [2.05, 4.69) is 43.1 Å². The maximum Gasteiger partial charge on any atom is 0.275 e. The van der Waals surface area contributed by atoms with Crippen molar-refractivity contribution >= 4 is 17.8 Å². The monoisotopic (exact) mass is 397 g/mol. The number of para-hydroxylation sites is 1. The fourth-order valence-corrected chi connectivity index (χ4v) is 4.27. The maximum atomic E-state index is 14.8. The number of hydrogen-bond acceptors (Lipinski definition) is 4. The predicted octanol–water partition coefficient (Wildman–Crippen LogP) is 4.71. The molecule has 0 spiro atoms. The largest absolute Gasteiger partial charge is 0.496 e. The van der Waals surface area contributed by atoms with E-state index in [1.807, 2.05) is 6.07 Å². The molecule has 1 N–H and O–H groups in total. The Morgan fingerprint density at radius 3 is 2.79 bits per heavy atom. The molecule has 0 saturated carbocycles. The summed E-state index contributed by atoms with van der Waals surface area (Å²) in [6, 6.07) is 10.3. The van der Waals surface area contributed by atoms with Gasteiger partial charge in [0, 0.05) is 23.3 Å². The quantitative estimate of drug-likeness (QED) is 0.587. The van der Waals surface area contributed by atoms with Gasteiger partial charge in [-0.3, -0.25) is 4.79 Å². The summed E-state index contributed by atoms with van der Waals surface area (Å²) in [5.74, 6) is -0.0123. The summed E-state index contributed by atoms with van der Waals surface area (Å²) in [5, 5.41) is 3.96.